The zero-order valence-corrected chi connectivity index (χ0v) is 12.1. The van der Waals surface area contributed by atoms with E-state index in [1.54, 1.807) is 18.2 Å². The van der Waals surface area contributed by atoms with Gasteiger partial charge in [-0.25, -0.2) is 15.8 Å². The molecule has 0 saturated carbocycles. The van der Waals surface area contributed by atoms with Crippen LogP contribution in [0, 0.1) is 10.1 Å². The van der Waals surface area contributed by atoms with Crippen LogP contribution in [0.3, 0.4) is 0 Å². The van der Waals surface area contributed by atoms with Crippen molar-refractivity contribution in [2.75, 3.05) is 10.7 Å². The van der Waals surface area contributed by atoms with E-state index in [1.807, 2.05) is 0 Å². The first-order valence-corrected chi connectivity index (χ1v) is 6.38. The van der Waals surface area contributed by atoms with Crippen LogP contribution in [0.5, 0.6) is 0 Å². The summed E-state index contributed by atoms with van der Waals surface area (Å²) in [6.45, 7) is 0. The molecule has 10 heteroatoms. The van der Waals surface area contributed by atoms with Crippen molar-refractivity contribution in [2.45, 2.75) is 0 Å². The summed E-state index contributed by atoms with van der Waals surface area (Å²) in [5.41, 5.74) is 2.35. The summed E-state index contributed by atoms with van der Waals surface area (Å²) in [6, 6.07) is 5.00. The average Bonchev–Trinajstić information content (AvgIpc) is 2.42. The molecule has 0 aliphatic carbocycles. The smallest absolute Gasteiger partial charge is 0.334 e. The Morgan fingerprint density at radius 2 is 2.05 bits per heavy atom. The van der Waals surface area contributed by atoms with Gasteiger partial charge in [0.25, 0.3) is 0 Å². The van der Waals surface area contributed by atoms with Gasteiger partial charge in [-0.3, -0.25) is 10.1 Å². The fourth-order valence-electron chi connectivity index (χ4n) is 1.46. The van der Waals surface area contributed by atoms with Crippen LogP contribution in [0.25, 0.3) is 0 Å². The monoisotopic (exact) mass is 358 g/mol. The second kappa shape index (κ2) is 5.99. The molecule has 0 amide bonds. The number of nitrogen functional groups attached to an aromatic ring is 1. The number of aromatic nitrogens is 2. The third kappa shape index (κ3) is 2.95. The zero-order valence-electron chi connectivity index (χ0n) is 9.80. The number of rotatable bonds is 4. The summed E-state index contributed by atoms with van der Waals surface area (Å²) >= 11 is 9.21. The predicted octanol–water partition coefficient (Wildman–Crippen LogP) is 2.83. The van der Waals surface area contributed by atoms with Crippen LogP contribution < -0.4 is 16.6 Å². The van der Waals surface area contributed by atoms with Gasteiger partial charge in [0, 0.05) is 10.2 Å². The van der Waals surface area contributed by atoms with E-state index in [9.17, 15) is 10.1 Å². The van der Waals surface area contributed by atoms with Crippen molar-refractivity contribution in [1.29, 1.82) is 0 Å². The van der Waals surface area contributed by atoms with E-state index in [0.717, 1.165) is 6.33 Å². The SMILES string of the molecule is NNc1ncnc(Nc2ccc(Br)c(Cl)c2)c1[N+](=O)[O-]. The lowest BCUT2D eigenvalue weighted by Crippen LogP contribution is -2.12. The van der Waals surface area contributed by atoms with Gasteiger partial charge in [0.15, 0.2) is 0 Å². The van der Waals surface area contributed by atoms with Gasteiger partial charge in [0.05, 0.1) is 9.95 Å². The van der Waals surface area contributed by atoms with Gasteiger partial charge in [-0.05, 0) is 34.1 Å². The maximum Gasteiger partial charge on any atom is 0.354 e. The maximum atomic E-state index is 11.1. The molecular weight excluding hydrogens is 352 g/mol. The number of hydrogen-bond acceptors (Lipinski definition) is 7. The third-order valence-electron chi connectivity index (χ3n) is 2.32. The van der Waals surface area contributed by atoms with Crippen molar-refractivity contribution in [1.82, 2.24) is 9.97 Å². The Kier molecular flexibility index (Phi) is 4.32. The number of nitrogens with one attached hydrogen (secondary N) is 2. The largest absolute Gasteiger partial charge is 0.354 e. The van der Waals surface area contributed by atoms with E-state index in [-0.39, 0.29) is 17.3 Å². The molecule has 8 nitrogen and oxygen atoms in total. The molecule has 2 aromatic rings. The Bertz CT molecular complexity index is 668. The molecule has 0 atom stereocenters. The molecule has 0 unspecified atom stereocenters. The number of hydrazine groups is 1. The van der Waals surface area contributed by atoms with Gasteiger partial charge in [0.1, 0.15) is 6.33 Å². The first-order valence-electron chi connectivity index (χ1n) is 5.21. The van der Waals surface area contributed by atoms with Crippen LogP contribution >= 0.6 is 27.5 Å². The van der Waals surface area contributed by atoms with Crippen LogP contribution in [-0.4, -0.2) is 14.9 Å². The molecule has 4 N–H and O–H groups in total. The molecule has 2 rings (SSSR count). The van der Waals surface area contributed by atoms with E-state index >= 15 is 0 Å². The van der Waals surface area contributed by atoms with Gasteiger partial charge in [-0.1, -0.05) is 11.6 Å². The molecule has 1 aromatic carbocycles. The summed E-state index contributed by atoms with van der Waals surface area (Å²) in [6.07, 6.45) is 1.16. The van der Waals surface area contributed by atoms with Crippen LogP contribution in [0.1, 0.15) is 0 Å². The number of hydrogen-bond donors (Lipinski definition) is 3. The lowest BCUT2D eigenvalue weighted by molar-refractivity contribution is -0.383. The molecule has 104 valence electrons. The molecule has 1 aromatic heterocycles. The van der Waals surface area contributed by atoms with Gasteiger partial charge >= 0.3 is 5.69 Å². The molecule has 0 radical (unpaired) electrons. The minimum Gasteiger partial charge on any atom is -0.334 e. The topological polar surface area (TPSA) is 119 Å². The van der Waals surface area contributed by atoms with Crippen LogP contribution in [0.4, 0.5) is 23.0 Å². The minimum atomic E-state index is -0.627. The fraction of sp³-hybridized carbons (Fsp3) is 0. The summed E-state index contributed by atoms with van der Waals surface area (Å²) < 4.78 is 0.714. The second-order valence-corrected chi connectivity index (χ2v) is 4.84. The molecule has 0 aliphatic heterocycles. The van der Waals surface area contributed by atoms with Crippen molar-refractivity contribution in [3.63, 3.8) is 0 Å². The van der Waals surface area contributed by atoms with Crippen LogP contribution in [-0.2, 0) is 0 Å². The molecule has 0 aliphatic rings. The van der Waals surface area contributed by atoms with Crippen molar-refractivity contribution in [3.8, 4) is 0 Å². The number of nitrogens with two attached hydrogens (primary N) is 1. The van der Waals surface area contributed by atoms with Crippen molar-refractivity contribution in [2.24, 2.45) is 5.84 Å². The van der Waals surface area contributed by atoms with E-state index in [2.05, 4.69) is 36.6 Å². The lowest BCUT2D eigenvalue weighted by Gasteiger charge is -2.08. The summed E-state index contributed by atoms with van der Waals surface area (Å²) in [5, 5.41) is 14.3. The molecule has 0 spiro atoms. The highest BCUT2D eigenvalue weighted by atomic mass is 79.9. The first-order chi connectivity index (χ1) is 9.52. The molecular formula is C10H8BrClN6O2. The second-order valence-electron chi connectivity index (χ2n) is 3.57. The molecule has 0 fully saturated rings. The maximum absolute atomic E-state index is 11.1. The molecule has 20 heavy (non-hydrogen) atoms. The van der Waals surface area contributed by atoms with Crippen molar-refractivity contribution in [3.05, 3.63) is 44.1 Å². The highest BCUT2D eigenvalue weighted by Crippen LogP contribution is 2.32. The third-order valence-corrected chi connectivity index (χ3v) is 3.56. The molecule has 0 bridgehead atoms. The number of benzene rings is 1. The van der Waals surface area contributed by atoms with E-state index in [1.165, 1.54) is 0 Å². The predicted molar refractivity (Wildman–Crippen MR) is 78.9 cm³/mol. The number of anilines is 3. The van der Waals surface area contributed by atoms with Gasteiger partial charge in [-0.2, -0.15) is 0 Å². The van der Waals surface area contributed by atoms with Crippen LogP contribution in [0.2, 0.25) is 5.02 Å². The summed E-state index contributed by atoms with van der Waals surface area (Å²) in [4.78, 5) is 18.0. The quantitative estimate of drug-likeness (QED) is 0.436. The Morgan fingerprint density at radius 1 is 1.35 bits per heavy atom. The number of nitrogens with zero attached hydrogens (tertiary/aromatic N) is 3. The molecule has 0 saturated heterocycles. The normalized spacial score (nSPS) is 10.2. The summed E-state index contributed by atoms with van der Waals surface area (Å²) in [5.74, 6) is 5.12. The lowest BCUT2D eigenvalue weighted by atomic mass is 10.3. The van der Waals surface area contributed by atoms with E-state index in [4.69, 9.17) is 17.4 Å². The Labute approximate surface area is 126 Å². The zero-order chi connectivity index (χ0) is 14.7. The number of halogens is 2. The number of nitro groups is 1. The fourth-order valence-corrected chi connectivity index (χ4v) is 1.89. The van der Waals surface area contributed by atoms with Gasteiger partial charge < -0.3 is 10.7 Å². The van der Waals surface area contributed by atoms with Crippen LogP contribution in [0.15, 0.2) is 29.0 Å². The van der Waals surface area contributed by atoms with E-state index < -0.39 is 4.92 Å². The average molecular weight is 360 g/mol. The summed E-state index contributed by atoms with van der Waals surface area (Å²) in [7, 11) is 0. The Hall–Kier alpha value is -1.97. The minimum absolute atomic E-state index is 0.0105. The van der Waals surface area contributed by atoms with Gasteiger partial charge in [0.2, 0.25) is 11.6 Å². The Balaban J connectivity index is 2.42. The first kappa shape index (κ1) is 14.4. The molecule has 1 heterocycles. The standard InChI is InChI=1S/C10H8BrClN6O2/c11-6-2-1-5(3-7(6)12)16-9-8(18(19)20)10(17-13)15-4-14-9/h1-4H,13H2,(H2,14,15,16,17). The van der Waals surface area contributed by atoms with E-state index in [0.29, 0.717) is 15.2 Å². The highest BCUT2D eigenvalue weighted by molar-refractivity contribution is 9.10. The van der Waals surface area contributed by atoms with Gasteiger partial charge in [-0.15, -0.1) is 0 Å². The Morgan fingerprint density at radius 3 is 2.65 bits per heavy atom. The highest BCUT2D eigenvalue weighted by Gasteiger charge is 2.22. The van der Waals surface area contributed by atoms with Crippen molar-refractivity contribution < 1.29 is 4.92 Å². The van der Waals surface area contributed by atoms with Crippen molar-refractivity contribution >= 4 is 50.5 Å².